The molecule has 114 valence electrons. The number of ketones is 1. The van der Waals surface area contributed by atoms with E-state index < -0.39 is 0 Å². The lowest BCUT2D eigenvalue weighted by Gasteiger charge is -2.08. The molecule has 1 amide bonds. The molecule has 0 aliphatic carbocycles. The van der Waals surface area contributed by atoms with Gasteiger partial charge in [-0.25, -0.2) is 0 Å². The normalized spacial score (nSPS) is 12.2. The summed E-state index contributed by atoms with van der Waals surface area (Å²) in [4.78, 5) is 22.1. The first-order valence-corrected chi connectivity index (χ1v) is 7.40. The van der Waals surface area contributed by atoms with Gasteiger partial charge in [-0.1, -0.05) is 26.7 Å². The van der Waals surface area contributed by atoms with Crippen LogP contribution in [0.3, 0.4) is 0 Å². The predicted molar refractivity (Wildman–Crippen MR) is 79.2 cm³/mol. The number of Topliss-reactive ketones (excluding diaryl/α,β-unsaturated/α-hetero) is 1. The second-order valence-corrected chi connectivity index (χ2v) is 5.22. The van der Waals surface area contributed by atoms with Crippen molar-refractivity contribution in [1.29, 1.82) is 0 Å². The maximum Gasteiger partial charge on any atom is 0.219 e. The highest BCUT2D eigenvalue weighted by Gasteiger charge is 2.03. The highest BCUT2D eigenvalue weighted by atomic mass is 16.5. The number of ether oxygens (including phenoxy) is 1. The zero-order chi connectivity index (χ0) is 14.5. The van der Waals surface area contributed by atoms with E-state index in [1.165, 1.54) is 13.3 Å². The van der Waals surface area contributed by atoms with Crippen LogP contribution in [0.4, 0.5) is 0 Å². The minimum absolute atomic E-state index is 0. The average molecular weight is 273 g/mol. The molecule has 0 radical (unpaired) electrons. The molecule has 0 spiro atoms. The summed E-state index contributed by atoms with van der Waals surface area (Å²) in [7, 11) is 0. The first-order valence-electron chi connectivity index (χ1n) is 7.40. The number of rotatable bonds is 12. The van der Waals surface area contributed by atoms with Crippen LogP contribution in [0.15, 0.2) is 0 Å². The van der Waals surface area contributed by atoms with Gasteiger partial charge < -0.3 is 10.1 Å². The van der Waals surface area contributed by atoms with E-state index in [0.29, 0.717) is 25.5 Å². The Labute approximate surface area is 118 Å². The third-order valence-corrected chi connectivity index (χ3v) is 3.14. The molecule has 0 aromatic carbocycles. The molecule has 4 nitrogen and oxygen atoms in total. The Balaban J connectivity index is 0. The Kier molecular flexibility index (Phi) is 11.6. The van der Waals surface area contributed by atoms with Gasteiger partial charge in [-0.2, -0.15) is 0 Å². The first-order chi connectivity index (χ1) is 9.06. The van der Waals surface area contributed by atoms with Crippen molar-refractivity contribution in [1.82, 2.24) is 5.32 Å². The fourth-order valence-corrected chi connectivity index (χ4v) is 1.68. The van der Waals surface area contributed by atoms with Crippen molar-refractivity contribution in [2.75, 3.05) is 19.8 Å². The van der Waals surface area contributed by atoms with E-state index >= 15 is 0 Å². The Hall–Kier alpha value is -0.900. The Morgan fingerprint density at radius 1 is 1.26 bits per heavy atom. The minimum atomic E-state index is 0. The summed E-state index contributed by atoms with van der Waals surface area (Å²) in [5.74, 6) is 0.911. The van der Waals surface area contributed by atoms with Crippen LogP contribution in [0.5, 0.6) is 0 Å². The quantitative estimate of drug-likeness (QED) is 0.556. The van der Waals surface area contributed by atoms with E-state index in [4.69, 9.17) is 4.74 Å². The molecule has 1 atom stereocenters. The van der Waals surface area contributed by atoms with Crippen molar-refractivity contribution in [2.24, 2.45) is 5.92 Å². The molecule has 0 aromatic rings. The first kappa shape index (κ1) is 18.1. The number of hydrogen-bond donors (Lipinski definition) is 1. The van der Waals surface area contributed by atoms with E-state index in [1.807, 2.05) is 0 Å². The second-order valence-electron chi connectivity index (χ2n) is 5.22. The maximum atomic E-state index is 11.5. The summed E-state index contributed by atoms with van der Waals surface area (Å²) in [6, 6.07) is 0. The van der Waals surface area contributed by atoms with Crippen LogP contribution in [-0.2, 0) is 14.3 Å². The molecule has 0 bridgehead atoms. The van der Waals surface area contributed by atoms with Crippen LogP contribution >= 0.6 is 0 Å². The lowest BCUT2D eigenvalue weighted by molar-refractivity contribution is -0.121. The zero-order valence-corrected chi connectivity index (χ0v) is 12.7. The van der Waals surface area contributed by atoms with Crippen LogP contribution < -0.4 is 5.32 Å². The van der Waals surface area contributed by atoms with Crippen molar-refractivity contribution in [3.05, 3.63) is 0 Å². The molecule has 0 aliphatic rings. The van der Waals surface area contributed by atoms with Crippen LogP contribution in [0, 0.1) is 5.92 Å². The highest BCUT2D eigenvalue weighted by Crippen LogP contribution is 2.10. The number of unbranched alkanes of at least 4 members (excludes halogenated alkanes) is 1. The van der Waals surface area contributed by atoms with E-state index in [0.717, 1.165) is 25.7 Å². The lowest BCUT2D eigenvalue weighted by atomic mass is 10.0. The average Bonchev–Trinajstić information content (AvgIpc) is 2.37. The summed E-state index contributed by atoms with van der Waals surface area (Å²) >= 11 is 0. The molecule has 0 aromatic heterocycles. The Morgan fingerprint density at radius 3 is 2.63 bits per heavy atom. The van der Waals surface area contributed by atoms with Crippen molar-refractivity contribution in [3.63, 3.8) is 0 Å². The molecule has 4 heteroatoms. The van der Waals surface area contributed by atoms with Gasteiger partial charge in [0, 0.05) is 21.0 Å². The van der Waals surface area contributed by atoms with Crippen LogP contribution in [-0.4, -0.2) is 31.4 Å². The monoisotopic (exact) mass is 273 g/mol. The zero-order valence-electron chi connectivity index (χ0n) is 12.7. The molecule has 1 unspecified atom stereocenters. The van der Waals surface area contributed by atoms with Gasteiger partial charge in [0.2, 0.25) is 5.91 Å². The van der Waals surface area contributed by atoms with E-state index in [1.54, 1.807) is 0 Å². The van der Waals surface area contributed by atoms with Gasteiger partial charge >= 0.3 is 0 Å². The van der Waals surface area contributed by atoms with E-state index in [9.17, 15) is 9.59 Å². The number of hydrogen-bond acceptors (Lipinski definition) is 3. The summed E-state index contributed by atoms with van der Waals surface area (Å²) < 4.78 is 5.14. The van der Waals surface area contributed by atoms with E-state index in [-0.39, 0.29) is 19.7 Å². The van der Waals surface area contributed by atoms with Crippen LogP contribution in [0.25, 0.3) is 0 Å². The number of carbonyl (C=O) groups excluding carboxylic acids is 2. The van der Waals surface area contributed by atoms with Crippen molar-refractivity contribution in [3.8, 4) is 0 Å². The molecule has 19 heavy (non-hydrogen) atoms. The maximum absolute atomic E-state index is 11.5. The molecular formula is C15H31NO3. The van der Waals surface area contributed by atoms with Crippen LogP contribution in [0.1, 0.15) is 60.7 Å². The molecule has 1 N–H and O–H groups in total. The highest BCUT2D eigenvalue weighted by molar-refractivity contribution is 5.76. The Bertz CT molecular complexity index is 260. The molecular weight excluding hydrogens is 242 g/mol. The fraction of sp³-hybridized carbons (Fsp3) is 0.867. The van der Waals surface area contributed by atoms with Gasteiger partial charge in [0.15, 0.2) is 5.78 Å². The van der Waals surface area contributed by atoms with Crippen molar-refractivity contribution in [2.45, 2.75) is 59.3 Å². The van der Waals surface area contributed by atoms with Crippen molar-refractivity contribution < 1.29 is 15.8 Å². The summed E-state index contributed by atoms with van der Waals surface area (Å²) in [5, 5.41) is 2.91. The second kappa shape index (κ2) is 12.2. The SMILES string of the molecule is CCC(C)CCCC(=O)NCCCCOCC(C)=O.[HH]. The molecule has 0 heterocycles. The standard InChI is InChI=1S/C15H29NO3.H2/c1-4-13(2)8-7-9-15(18)16-10-5-6-11-19-12-14(3)17;/h13H,4-12H2,1-3H3,(H,16,18);1H. The summed E-state index contributed by atoms with van der Waals surface area (Å²) in [6.07, 6.45) is 5.69. The van der Waals surface area contributed by atoms with Gasteiger partial charge in [0.1, 0.15) is 6.61 Å². The third-order valence-electron chi connectivity index (χ3n) is 3.14. The van der Waals surface area contributed by atoms with Crippen molar-refractivity contribution >= 4 is 11.7 Å². The topological polar surface area (TPSA) is 55.4 Å². The van der Waals surface area contributed by atoms with Gasteiger partial charge in [-0.3, -0.25) is 9.59 Å². The van der Waals surface area contributed by atoms with Gasteiger partial charge in [0.25, 0.3) is 0 Å². The van der Waals surface area contributed by atoms with Gasteiger partial charge in [-0.15, -0.1) is 0 Å². The molecule has 0 rings (SSSR count). The summed E-state index contributed by atoms with van der Waals surface area (Å²) in [6.45, 7) is 7.40. The Morgan fingerprint density at radius 2 is 2.00 bits per heavy atom. The largest absolute Gasteiger partial charge is 0.374 e. The minimum Gasteiger partial charge on any atom is -0.374 e. The predicted octanol–water partition coefficient (Wildman–Crippen LogP) is 2.95. The summed E-state index contributed by atoms with van der Waals surface area (Å²) in [5.41, 5.74) is 0. The molecule has 0 fully saturated rings. The molecule has 0 saturated carbocycles. The van der Waals surface area contributed by atoms with Gasteiger partial charge in [-0.05, 0) is 32.1 Å². The smallest absolute Gasteiger partial charge is 0.219 e. The number of carbonyl (C=O) groups is 2. The fourth-order valence-electron chi connectivity index (χ4n) is 1.68. The lowest BCUT2D eigenvalue weighted by Crippen LogP contribution is -2.24. The molecule has 0 saturated heterocycles. The number of amides is 1. The van der Waals surface area contributed by atoms with E-state index in [2.05, 4.69) is 19.2 Å². The number of nitrogens with one attached hydrogen (secondary N) is 1. The molecule has 0 aliphatic heterocycles. The third kappa shape index (κ3) is 13.3. The van der Waals surface area contributed by atoms with Gasteiger partial charge in [0.05, 0.1) is 0 Å². The van der Waals surface area contributed by atoms with Crippen LogP contribution in [0.2, 0.25) is 0 Å².